The van der Waals surface area contributed by atoms with Crippen LogP contribution in [0.2, 0.25) is 0 Å². The van der Waals surface area contributed by atoms with Crippen LogP contribution in [0.5, 0.6) is 0 Å². The second-order valence-electron chi connectivity index (χ2n) is 7.70. The summed E-state index contributed by atoms with van der Waals surface area (Å²) in [5, 5.41) is 15.3. The largest absolute Gasteiger partial charge is 0.394 e. The van der Waals surface area contributed by atoms with Crippen molar-refractivity contribution in [1.82, 2.24) is 15.5 Å². The predicted molar refractivity (Wildman–Crippen MR) is 108 cm³/mol. The van der Waals surface area contributed by atoms with Crippen molar-refractivity contribution in [3.63, 3.8) is 0 Å². The summed E-state index contributed by atoms with van der Waals surface area (Å²) in [7, 11) is 1.58. The number of hydrogen-bond donors (Lipinski definition) is 3. The van der Waals surface area contributed by atoms with Crippen molar-refractivity contribution in [2.24, 2.45) is 11.8 Å². The van der Waals surface area contributed by atoms with Gasteiger partial charge in [-0.1, -0.05) is 29.3 Å². The highest BCUT2D eigenvalue weighted by Gasteiger charge is 2.75. The molecule has 0 saturated carbocycles. The van der Waals surface area contributed by atoms with Crippen LogP contribution in [0.4, 0.5) is 0 Å². The van der Waals surface area contributed by atoms with E-state index < -0.39 is 28.7 Å². The van der Waals surface area contributed by atoms with Gasteiger partial charge in [-0.05, 0) is 19.8 Å². The number of thioether (sulfide) groups is 1. The van der Waals surface area contributed by atoms with Crippen LogP contribution in [0.25, 0.3) is 0 Å². The molecule has 3 aliphatic rings. The summed E-state index contributed by atoms with van der Waals surface area (Å²) in [5.74, 6) is -1.51. The van der Waals surface area contributed by atoms with Gasteiger partial charge in [-0.3, -0.25) is 14.4 Å². The number of likely N-dealkylation sites (tertiary alicyclic amines) is 1. The number of rotatable bonds is 7. The van der Waals surface area contributed by atoms with Crippen LogP contribution in [-0.4, -0.2) is 74.8 Å². The van der Waals surface area contributed by atoms with Crippen molar-refractivity contribution in [3.8, 4) is 0 Å². The molecule has 3 N–H and O–H groups in total. The van der Waals surface area contributed by atoms with Crippen LogP contribution in [0, 0.1) is 11.8 Å². The van der Waals surface area contributed by atoms with Gasteiger partial charge in [-0.2, -0.15) is 0 Å². The molecule has 3 fully saturated rings. The maximum Gasteiger partial charge on any atom is 0.244 e. The first-order chi connectivity index (χ1) is 12.8. The SMILES string of the molecule is CCCCNC(=O)C1N([C@H](C)CO)C(=O)[C@@H]2[C@@H](C(=O)NC)[C@@H]3SC12CC3Br. The van der Waals surface area contributed by atoms with E-state index in [-0.39, 0.29) is 34.4 Å². The topological polar surface area (TPSA) is 98.7 Å². The van der Waals surface area contributed by atoms with E-state index in [1.807, 2.05) is 0 Å². The number of carbonyl (C=O) groups is 3. The molecular formula is C18H28BrN3O4S. The van der Waals surface area contributed by atoms with Gasteiger partial charge < -0.3 is 20.6 Å². The Bertz CT molecular complexity index is 636. The first kappa shape index (κ1) is 20.9. The summed E-state index contributed by atoms with van der Waals surface area (Å²) in [5.41, 5.74) is 0. The van der Waals surface area contributed by atoms with Crippen LogP contribution >= 0.6 is 27.7 Å². The molecule has 3 amide bonds. The number of amides is 3. The molecule has 0 radical (unpaired) electrons. The lowest BCUT2D eigenvalue weighted by molar-refractivity contribution is -0.142. The van der Waals surface area contributed by atoms with Gasteiger partial charge >= 0.3 is 0 Å². The summed E-state index contributed by atoms with van der Waals surface area (Å²) in [6, 6.07) is -1.14. The van der Waals surface area contributed by atoms with Crippen molar-refractivity contribution in [2.45, 2.75) is 60.0 Å². The number of nitrogens with one attached hydrogen (secondary N) is 2. The Morgan fingerprint density at radius 1 is 1.44 bits per heavy atom. The van der Waals surface area contributed by atoms with Gasteiger partial charge in [-0.25, -0.2) is 0 Å². The Kier molecular flexibility index (Phi) is 6.13. The lowest BCUT2D eigenvalue weighted by atomic mass is 9.70. The van der Waals surface area contributed by atoms with E-state index in [0.717, 1.165) is 12.8 Å². The van der Waals surface area contributed by atoms with E-state index in [1.165, 1.54) is 4.90 Å². The van der Waals surface area contributed by atoms with Crippen molar-refractivity contribution in [2.75, 3.05) is 20.2 Å². The fourth-order valence-electron chi connectivity index (χ4n) is 4.88. The number of unbranched alkanes of at least 4 members (excludes halogenated alkanes) is 1. The molecule has 9 heteroatoms. The molecule has 3 saturated heterocycles. The van der Waals surface area contributed by atoms with Crippen molar-refractivity contribution in [3.05, 3.63) is 0 Å². The number of carbonyl (C=O) groups excluding carboxylic acids is 3. The zero-order chi connectivity index (χ0) is 19.9. The molecule has 0 aromatic heterocycles. The third kappa shape index (κ3) is 3.09. The van der Waals surface area contributed by atoms with Crippen LogP contribution in [0.3, 0.4) is 0 Å². The minimum absolute atomic E-state index is 0.0311. The molecule has 3 aliphatic heterocycles. The molecule has 1 spiro atoms. The highest BCUT2D eigenvalue weighted by Crippen LogP contribution is 2.67. The van der Waals surface area contributed by atoms with E-state index in [9.17, 15) is 19.5 Å². The number of hydrogen-bond acceptors (Lipinski definition) is 5. The van der Waals surface area contributed by atoms with Gasteiger partial charge in [0.1, 0.15) is 6.04 Å². The summed E-state index contributed by atoms with van der Waals surface area (Å²) in [6.45, 7) is 4.15. The van der Waals surface area contributed by atoms with Gasteiger partial charge in [0.25, 0.3) is 0 Å². The summed E-state index contributed by atoms with van der Waals surface area (Å²) < 4.78 is -0.632. The lowest BCUT2D eigenvalue weighted by Gasteiger charge is -2.36. The second kappa shape index (κ2) is 7.91. The molecule has 27 heavy (non-hydrogen) atoms. The Morgan fingerprint density at radius 3 is 2.74 bits per heavy atom. The Balaban J connectivity index is 2.00. The van der Waals surface area contributed by atoms with Gasteiger partial charge in [0.05, 0.1) is 29.2 Å². The number of aliphatic hydroxyl groups excluding tert-OH is 1. The zero-order valence-corrected chi connectivity index (χ0v) is 18.3. The molecule has 0 aromatic rings. The average molecular weight is 462 g/mol. The highest BCUT2D eigenvalue weighted by atomic mass is 79.9. The van der Waals surface area contributed by atoms with Crippen molar-refractivity contribution in [1.29, 1.82) is 0 Å². The number of fused-ring (bicyclic) bond motifs is 1. The van der Waals surface area contributed by atoms with Crippen LogP contribution < -0.4 is 10.6 Å². The fourth-order valence-corrected chi connectivity index (χ4v) is 8.48. The molecule has 3 heterocycles. The maximum atomic E-state index is 13.4. The van der Waals surface area contributed by atoms with Gasteiger partial charge in [0.15, 0.2) is 0 Å². The lowest BCUT2D eigenvalue weighted by Crippen LogP contribution is -2.56. The van der Waals surface area contributed by atoms with E-state index in [0.29, 0.717) is 13.0 Å². The smallest absolute Gasteiger partial charge is 0.244 e. The Labute approximate surface area is 172 Å². The Hall–Kier alpha value is -0.800. The van der Waals surface area contributed by atoms with Crippen LogP contribution in [-0.2, 0) is 14.4 Å². The molecule has 3 rings (SSSR count). The first-order valence-corrected chi connectivity index (χ1v) is 11.4. The van der Waals surface area contributed by atoms with E-state index >= 15 is 0 Å². The molecule has 7 nitrogen and oxygen atoms in total. The normalized spacial score (nSPS) is 38.0. The third-order valence-corrected chi connectivity index (χ3v) is 9.31. The Morgan fingerprint density at radius 2 is 2.15 bits per heavy atom. The van der Waals surface area contributed by atoms with Gasteiger partial charge in [-0.15, -0.1) is 11.8 Å². The third-order valence-electron chi connectivity index (χ3n) is 6.09. The molecule has 3 unspecified atom stereocenters. The van der Waals surface area contributed by atoms with E-state index in [4.69, 9.17) is 0 Å². The number of aliphatic hydroxyl groups is 1. The molecule has 0 aromatic carbocycles. The maximum absolute atomic E-state index is 13.4. The van der Waals surface area contributed by atoms with Crippen molar-refractivity contribution < 1.29 is 19.5 Å². The van der Waals surface area contributed by atoms with E-state index in [1.54, 1.807) is 25.7 Å². The standard InChI is InChI=1S/C18H28BrN3O4S/c1-4-5-6-21-16(25)14-18-7-10(19)13(27-18)11(15(24)20-3)12(18)17(26)22(14)9(2)8-23/h9-14,23H,4-8H2,1-3H3,(H,20,24)(H,21,25)/t9-,10?,11-,12+,13-,14?,18?/m1/s1. The quantitative estimate of drug-likeness (QED) is 0.378. The van der Waals surface area contributed by atoms with Gasteiger partial charge in [0.2, 0.25) is 17.7 Å². The number of halogens is 1. The minimum Gasteiger partial charge on any atom is -0.394 e. The van der Waals surface area contributed by atoms with Crippen LogP contribution in [0.1, 0.15) is 33.1 Å². The molecule has 0 aliphatic carbocycles. The second-order valence-corrected chi connectivity index (χ2v) is 10.4. The summed E-state index contributed by atoms with van der Waals surface area (Å²) in [6.07, 6.45) is 2.50. The fraction of sp³-hybridized carbons (Fsp3) is 0.833. The highest BCUT2D eigenvalue weighted by molar-refractivity contribution is 9.09. The summed E-state index contributed by atoms with van der Waals surface area (Å²) >= 11 is 5.30. The number of nitrogens with zero attached hydrogens (tertiary/aromatic N) is 1. The molecular weight excluding hydrogens is 434 g/mol. The van der Waals surface area contributed by atoms with Crippen LogP contribution in [0.15, 0.2) is 0 Å². The van der Waals surface area contributed by atoms with Crippen molar-refractivity contribution >= 4 is 45.4 Å². The predicted octanol–water partition coefficient (Wildman–Crippen LogP) is 0.494. The molecule has 7 atom stereocenters. The average Bonchev–Trinajstić information content (AvgIpc) is 3.24. The number of alkyl halides is 1. The minimum atomic E-state index is -0.668. The monoisotopic (exact) mass is 461 g/mol. The van der Waals surface area contributed by atoms with E-state index in [2.05, 4.69) is 33.5 Å². The summed E-state index contributed by atoms with van der Waals surface area (Å²) in [4.78, 5) is 40.8. The van der Waals surface area contributed by atoms with Gasteiger partial charge in [0, 0.05) is 23.7 Å². The molecule has 152 valence electrons. The zero-order valence-electron chi connectivity index (χ0n) is 15.9. The molecule has 2 bridgehead atoms. The first-order valence-electron chi connectivity index (χ1n) is 9.58.